The number of benzene rings is 1. The van der Waals surface area contributed by atoms with Crippen LogP contribution in [0.5, 0.6) is 0 Å². The van der Waals surface area contributed by atoms with E-state index in [9.17, 15) is 17.6 Å². The van der Waals surface area contributed by atoms with E-state index in [0.717, 1.165) is 18.6 Å². The molecule has 0 amide bonds. The second kappa shape index (κ2) is 5.49. The molecule has 1 aromatic carbocycles. The minimum atomic E-state index is -4.65. The molecule has 1 nitrogen and oxygen atoms in total. The zero-order chi connectivity index (χ0) is 13.1. The Morgan fingerprint density at radius 3 is 2.47 bits per heavy atom. The molecule has 1 atom stereocenters. The first-order valence-electron chi connectivity index (χ1n) is 5.46. The summed E-state index contributed by atoms with van der Waals surface area (Å²) in [6.45, 7) is 4.43. The molecule has 1 unspecified atom stereocenters. The van der Waals surface area contributed by atoms with Crippen LogP contribution in [-0.2, 0) is 6.18 Å². The van der Waals surface area contributed by atoms with Crippen LogP contribution in [-0.4, -0.2) is 6.54 Å². The molecule has 0 radical (unpaired) electrons. The number of halogens is 4. The van der Waals surface area contributed by atoms with Gasteiger partial charge in [0.15, 0.2) is 0 Å². The van der Waals surface area contributed by atoms with Crippen molar-refractivity contribution in [3.8, 4) is 0 Å². The van der Waals surface area contributed by atoms with Crippen molar-refractivity contribution in [2.45, 2.75) is 32.5 Å². The van der Waals surface area contributed by atoms with Crippen molar-refractivity contribution in [2.24, 2.45) is 0 Å². The predicted molar refractivity (Wildman–Crippen MR) is 58.1 cm³/mol. The topological polar surface area (TPSA) is 12.0 Å². The highest BCUT2D eigenvalue weighted by Crippen LogP contribution is 2.32. The van der Waals surface area contributed by atoms with E-state index >= 15 is 0 Å². The summed E-state index contributed by atoms with van der Waals surface area (Å²) in [4.78, 5) is 0. The minimum absolute atomic E-state index is 0.225. The van der Waals surface area contributed by atoms with Crippen LogP contribution >= 0.6 is 0 Å². The molecule has 1 N–H and O–H groups in total. The number of hydrogen-bond donors (Lipinski definition) is 1. The predicted octanol–water partition coefficient (Wildman–Crippen LogP) is 3.91. The molecular weight excluding hydrogens is 234 g/mol. The molecule has 0 spiro atoms. The van der Waals surface area contributed by atoms with Gasteiger partial charge in [0.05, 0.1) is 5.56 Å². The lowest BCUT2D eigenvalue weighted by Crippen LogP contribution is -2.20. The molecule has 0 aliphatic carbocycles. The molecule has 1 aromatic rings. The zero-order valence-corrected chi connectivity index (χ0v) is 9.74. The van der Waals surface area contributed by atoms with E-state index in [4.69, 9.17) is 0 Å². The summed E-state index contributed by atoms with van der Waals surface area (Å²) in [5.41, 5.74) is -0.771. The van der Waals surface area contributed by atoms with Crippen molar-refractivity contribution in [3.63, 3.8) is 0 Å². The van der Waals surface area contributed by atoms with Crippen molar-refractivity contribution >= 4 is 0 Å². The van der Waals surface area contributed by atoms with Crippen LogP contribution in [0, 0.1) is 5.82 Å². The van der Waals surface area contributed by atoms with Crippen molar-refractivity contribution in [2.75, 3.05) is 6.54 Å². The summed E-state index contributed by atoms with van der Waals surface area (Å²) < 4.78 is 50.5. The van der Waals surface area contributed by atoms with Gasteiger partial charge in [0.2, 0.25) is 0 Å². The highest BCUT2D eigenvalue weighted by atomic mass is 19.4. The molecule has 0 saturated heterocycles. The van der Waals surface area contributed by atoms with Crippen molar-refractivity contribution in [1.82, 2.24) is 5.32 Å². The molecule has 5 heteroatoms. The van der Waals surface area contributed by atoms with Crippen molar-refractivity contribution in [1.29, 1.82) is 0 Å². The van der Waals surface area contributed by atoms with E-state index in [1.807, 2.05) is 6.92 Å². The number of nitrogens with one attached hydrogen (secondary N) is 1. The van der Waals surface area contributed by atoms with E-state index < -0.39 is 17.6 Å². The zero-order valence-electron chi connectivity index (χ0n) is 9.74. The van der Waals surface area contributed by atoms with Gasteiger partial charge in [0.25, 0.3) is 0 Å². The second-order valence-electron chi connectivity index (χ2n) is 3.91. The van der Waals surface area contributed by atoms with Gasteiger partial charge in [-0.3, -0.25) is 0 Å². The van der Waals surface area contributed by atoms with Gasteiger partial charge in [-0.25, -0.2) is 4.39 Å². The van der Waals surface area contributed by atoms with Gasteiger partial charge < -0.3 is 5.32 Å². The van der Waals surface area contributed by atoms with Gasteiger partial charge >= 0.3 is 6.18 Å². The molecule has 0 heterocycles. The fourth-order valence-electron chi connectivity index (χ4n) is 1.51. The Bertz CT molecular complexity index is 373. The van der Waals surface area contributed by atoms with Gasteiger partial charge in [0, 0.05) is 6.04 Å². The Labute approximate surface area is 97.8 Å². The molecular formula is C12H15F4N. The first-order valence-corrected chi connectivity index (χ1v) is 5.46. The van der Waals surface area contributed by atoms with Gasteiger partial charge in [0.1, 0.15) is 5.82 Å². The highest BCUT2D eigenvalue weighted by Gasteiger charge is 2.34. The van der Waals surface area contributed by atoms with Crippen LogP contribution in [0.25, 0.3) is 0 Å². The maximum absolute atomic E-state index is 13.0. The SMILES string of the molecule is CCCNC(C)c1ccc(F)c(C(F)(F)F)c1. The summed E-state index contributed by atoms with van der Waals surface area (Å²) in [5, 5.41) is 3.06. The standard InChI is InChI=1S/C12H15F4N/c1-3-6-17-8(2)9-4-5-11(13)10(7-9)12(14,15)16/h4-5,7-8,17H,3,6H2,1-2H3. The fraction of sp³-hybridized carbons (Fsp3) is 0.500. The molecule has 0 aliphatic heterocycles. The maximum Gasteiger partial charge on any atom is 0.419 e. The molecule has 17 heavy (non-hydrogen) atoms. The average molecular weight is 249 g/mol. The Morgan fingerprint density at radius 1 is 1.29 bits per heavy atom. The molecule has 0 bridgehead atoms. The Kier molecular flexibility index (Phi) is 4.51. The normalized spacial score (nSPS) is 13.8. The molecule has 0 aliphatic rings. The largest absolute Gasteiger partial charge is 0.419 e. The van der Waals surface area contributed by atoms with Crippen LogP contribution in [0.4, 0.5) is 17.6 Å². The third-order valence-electron chi connectivity index (χ3n) is 2.50. The van der Waals surface area contributed by atoms with E-state index in [1.54, 1.807) is 6.92 Å². The summed E-state index contributed by atoms with van der Waals surface area (Å²) in [5.74, 6) is -1.23. The van der Waals surface area contributed by atoms with Gasteiger partial charge in [-0.2, -0.15) is 13.2 Å². The van der Waals surface area contributed by atoms with Crippen LogP contribution in [0.3, 0.4) is 0 Å². The number of alkyl halides is 3. The molecule has 0 aromatic heterocycles. The van der Waals surface area contributed by atoms with E-state index in [0.29, 0.717) is 12.1 Å². The monoisotopic (exact) mass is 249 g/mol. The first kappa shape index (κ1) is 14.0. The number of rotatable bonds is 4. The molecule has 0 fully saturated rings. The Morgan fingerprint density at radius 2 is 1.94 bits per heavy atom. The smallest absolute Gasteiger partial charge is 0.310 e. The Hall–Kier alpha value is -1.10. The third-order valence-corrected chi connectivity index (χ3v) is 2.50. The fourth-order valence-corrected chi connectivity index (χ4v) is 1.51. The van der Waals surface area contributed by atoms with Crippen LogP contribution in [0.15, 0.2) is 18.2 Å². The van der Waals surface area contributed by atoms with Gasteiger partial charge in [-0.05, 0) is 37.6 Å². The summed E-state index contributed by atoms with van der Waals surface area (Å²) in [7, 11) is 0. The van der Waals surface area contributed by atoms with Crippen molar-refractivity contribution in [3.05, 3.63) is 35.1 Å². The van der Waals surface area contributed by atoms with Crippen LogP contribution < -0.4 is 5.32 Å². The lowest BCUT2D eigenvalue weighted by molar-refractivity contribution is -0.140. The Balaban J connectivity index is 2.96. The third kappa shape index (κ3) is 3.70. The number of hydrogen-bond acceptors (Lipinski definition) is 1. The second-order valence-corrected chi connectivity index (χ2v) is 3.91. The average Bonchev–Trinajstić information content (AvgIpc) is 2.25. The lowest BCUT2D eigenvalue weighted by atomic mass is 10.0. The molecule has 0 saturated carbocycles. The maximum atomic E-state index is 13.0. The quantitative estimate of drug-likeness (QED) is 0.798. The lowest BCUT2D eigenvalue weighted by Gasteiger charge is -2.16. The first-order chi connectivity index (χ1) is 7.86. The highest BCUT2D eigenvalue weighted by molar-refractivity contribution is 5.29. The van der Waals surface area contributed by atoms with E-state index in [2.05, 4.69) is 5.32 Å². The van der Waals surface area contributed by atoms with Crippen LogP contribution in [0.1, 0.15) is 37.4 Å². The molecule has 1 rings (SSSR count). The minimum Gasteiger partial charge on any atom is -0.310 e. The van der Waals surface area contributed by atoms with Crippen LogP contribution in [0.2, 0.25) is 0 Å². The van der Waals surface area contributed by atoms with Crippen molar-refractivity contribution < 1.29 is 17.6 Å². The van der Waals surface area contributed by atoms with E-state index in [-0.39, 0.29) is 6.04 Å². The molecule has 96 valence electrons. The van der Waals surface area contributed by atoms with Gasteiger partial charge in [-0.15, -0.1) is 0 Å². The summed E-state index contributed by atoms with van der Waals surface area (Å²) >= 11 is 0. The summed E-state index contributed by atoms with van der Waals surface area (Å²) in [6, 6.07) is 2.87. The van der Waals surface area contributed by atoms with Gasteiger partial charge in [-0.1, -0.05) is 13.0 Å². The summed E-state index contributed by atoms with van der Waals surface area (Å²) in [6.07, 6.45) is -3.76. The van der Waals surface area contributed by atoms with E-state index in [1.165, 1.54) is 6.07 Å².